The lowest BCUT2D eigenvalue weighted by Gasteiger charge is -2.23. The van der Waals surface area contributed by atoms with Crippen LogP contribution in [0.2, 0.25) is 0 Å². The zero-order valence-corrected chi connectivity index (χ0v) is 10.4. The summed E-state index contributed by atoms with van der Waals surface area (Å²) in [4.78, 5) is 35.7. The van der Waals surface area contributed by atoms with Crippen LogP contribution in [-0.4, -0.2) is 66.8 Å². The first-order valence-corrected chi connectivity index (χ1v) is 6.20. The van der Waals surface area contributed by atoms with Gasteiger partial charge >= 0.3 is 12.0 Å². The highest BCUT2D eigenvalue weighted by Gasteiger charge is 2.36. The van der Waals surface area contributed by atoms with E-state index in [9.17, 15) is 14.4 Å². The Labute approximate surface area is 110 Å². The van der Waals surface area contributed by atoms with Crippen molar-refractivity contribution in [1.82, 2.24) is 15.5 Å². The smallest absolute Gasteiger partial charge is 0.318 e. The van der Waals surface area contributed by atoms with Crippen molar-refractivity contribution in [3.05, 3.63) is 0 Å². The van der Waals surface area contributed by atoms with Gasteiger partial charge in [0.15, 0.2) is 0 Å². The lowest BCUT2D eigenvalue weighted by Crippen LogP contribution is -2.50. The van der Waals surface area contributed by atoms with Gasteiger partial charge in [-0.15, -0.1) is 0 Å². The van der Waals surface area contributed by atoms with Crippen LogP contribution in [0.1, 0.15) is 6.42 Å². The molecule has 8 nitrogen and oxygen atoms in total. The predicted molar refractivity (Wildman–Crippen MR) is 63.5 cm³/mol. The Morgan fingerprint density at radius 2 is 2.21 bits per heavy atom. The molecule has 0 aromatic rings. The molecular weight excluding hydrogens is 254 g/mol. The zero-order chi connectivity index (χ0) is 13.8. The molecule has 0 saturated carbocycles. The quantitative estimate of drug-likeness (QED) is 0.573. The standard InChI is InChI=1S/C11H17N3O5/c15-9-4-14(3-1-2-12-9)11(18)13-8-6-19-5-7(8)10(16)17/h7-8H,1-6H2,(H,12,15)(H,13,18)(H,16,17). The summed E-state index contributed by atoms with van der Waals surface area (Å²) in [5.74, 6) is -1.92. The third-order valence-corrected chi connectivity index (χ3v) is 3.26. The highest BCUT2D eigenvalue weighted by Crippen LogP contribution is 2.14. The van der Waals surface area contributed by atoms with Gasteiger partial charge in [0.1, 0.15) is 12.5 Å². The van der Waals surface area contributed by atoms with Crippen LogP contribution >= 0.6 is 0 Å². The fourth-order valence-electron chi connectivity index (χ4n) is 2.17. The zero-order valence-electron chi connectivity index (χ0n) is 10.4. The van der Waals surface area contributed by atoms with Gasteiger partial charge in [0.25, 0.3) is 0 Å². The van der Waals surface area contributed by atoms with E-state index in [4.69, 9.17) is 9.84 Å². The Balaban J connectivity index is 1.92. The van der Waals surface area contributed by atoms with Gasteiger partial charge in [-0.1, -0.05) is 0 Å². The summed E-state index contributed by atoms with van der Waals surface area (Å²) in [7, 11) is 0. The van der Waals surface area contributed by atoms with Gasteiger partial charge in [-0.05, 0) is 6.42 Å². The summed E-state index contributed by atoms with van der Waals surface area (Å²) in [6, 6.07) is -0.963. The van der Waals surface area contributed by atoms with E-state index in [0.29, 0.717) is 19.5 Å². The molecule has 0 bridgehead atoms. The van der Waals surface area contributed by atoms with Crippen molar-refractivity contribution in [1.29, 1.82) is 0 Å². The Bertz CT molecular complexity index is 387. The van der Waals surface area contributed by atoms with E-state index in [2.05, 4.69) is 10.6 Å². The Morgan fingerprint density at radius 3 is 2.95 bits per heavy atom. The van der Waals surface area contributed by atoms with E-state index in [1.807, 2.05) is 0 Å². The van der Waals surface area contributed by atoms with Crippen LogP contribution in [0, 0.1) is 5.92 Å². The number of amides is 3. The summed E-state index contributed by atoms with van der Waals surface area (Å²) < 4.78 is 5.07. The maximum absolute atomic E-state index is 12.0. The van der Waals surface area contributed by atoms with E-state index in [1.54, 1.807) is 0 Å². The number of carbonyl (C=O) groups is 3. The van der Waals surface area contributed by atoms with Gasteiger partial charge in [0, 0.05) is 13.1 Å². The number of aliphatic carboxylic acids is 1. The number of rotatable bonds is 2. The molecule has 0 radical (unpaired) electrons. The molecule has 2 fully saturated rings. The third-order valence-electron chi connectivity index (χ3n) is 3.26. The van der Waals surface area contributed by atoms with Crippen molar-refractivity contribution >= 4 is 17.9 Å². The first-order valence-electron chi connectivity index (χ1n) is 6.20. The summed E-state index contributed by atoms with van der Waals surface area (Å²) in [6.45, 7) is 1.30. The predicted octanol–water partition coefficient (Wildman–Crippen LogP) is -1.38. The monoisotopic (exact) mass is 271 g/mol. The maximum Gasteiger partial charge on any atom is 0.318 e. The SMILES string of the molecule is O=C1CN(C(=O)NC2COCC2C(=O)O)CCCN1. The molecule has 2 aliphatic heterocycles. The Hall–Kier alpha value is -1.83. The number of hydrogen-bond acceptors (Lipinski definition) is 4. The van der Waals surface area contributed by atoms with Crippen LogP contribution < -0.4 is 10.6 Å². The number of carboxylic acids is 1. The van der Waals surface area contributed by atoms with Crippen LogP contribution in [0.4, 0.5) is 4.79 Å². The second-order valence-electron chi connectivity index (χ2n) is 4.66. The van der Waals surface area contributed by atoms with E-state index in [-0.39, 0.29) is 25.7 Å². The second-order valence-corrected chi connectivity index (χ2v) is 4.66. The molecule has 106 valence electrons. The highest BCUT2D eigenvalue weighted by atomic mass is 16.5. The number of carbonyl (C=O) groups excluding carboxylic acids is 2. The van der Waals surface area contributed by atoms with Gasteiger partial charge in [0.2, 0.25) is 5.91 Å². The molecule has 2 unspecified atom stereocenters. The van der Waals surface area contributed by atoms with Crippen molar-refractivity contribution in [3.8, 4) is 0 Å². The van der Waals surface area contributed by atoms with Gasteiger partial charge in [-0.3, -0.25) is 9.59 Å². The van der Waals surface area contributed by atoms with Crippen molar-refractivity contribution in [2.24, 2.45) is 5.92 Å². The van der Waals surface area contributed by atoms with Crippen molar-refractivity contribution < 1.29 is 24.2 Å². The minimum atomic E-state index is -0.989. The maximum atomic E-state index is 12.0. The Kier molecular flexibility index (Phi) is 4.20. The summed E-state index contributed by atoms with van der Waals surface area (Å²) in [5.41, 5.74) is 0. The molecule has 2 rings (SSSR count). The van der Waals surface area contributed by atoms with Crippen molar-refractivity contribution in [2.45, 2.75) is 12.5 Å². The molecule has 0 aromatic carbocycles. The molecule has 2 aliphatic rings. The summed E-state index contributed by atoms with van der Waals surface area (Å²) in [6.07, 6.45) is 0.683. The van der Waals surface area contributed by atoms with Gasteiger partial charge < -0.3 is 25.4 Å². The number of nitrogens with zero attached hydrogens (tertiary/aromatic N) is 1. The highest BCUT2D eigenvalue weighted by molar-refractivity contribution is 5.85. The largest absolute Gasteiger partial charge is 0.481 e. The van der Waals surface area contributed by atoms with Gasteiger partial charge in [-0.2, -0.15) is 0 Å². The second kappa shape index (κ2) is 5.87. The number of urea groups is 1. The fourth-order valence-corrected chi connectivity index (χ4v) is 2.17. The van der Waals surface area contributed by atoms with E-state index in [1.165, 1.54) is 4.90 Å². The van der Waals surface area contributed by atoms with Crippen LogP contribution in [0.15, 0.2) is 0 Å². The summed E-state index contributed by atoms with van der Waals surface area (Å²) in [5, 5.41) is 14.3. The topological polar surface area (TPSA) is 108 Å². The van der Waals surface area contributed by atoms with E-state index < -0.39 is 24.0 Å². The minimum absolute atomic E-state index is 0.00283. The number of nitrogens with one attached hydrogen (secondary N) is 2. The molecule has 19 heavy (non-hydrogen) atoms. The van der Waals surface area contributed by atoms with Crippen LogP contribution in [0.5, 0.6) is 0 Å². The summed E-state index contributed by atoms with van der Waals surface area (Å²) >= 11 is 0. The lowest BCUT2D eigenvalue weighted by atomic mass is 10.0. The molecule has 0 aliphatic carbocycles. The first kappa shape index (κ1) is 13.6. The molecule has 8 heteroatoms. The van der Waals surface area contributed by atoms with Crippen molar-refractivity contribution in [3.63, 3.8) is 0 Å². The molecular formula is C11H17N3O5. The van der Waals surface area contributed by atoms with Crippen LogP contribution in [0.3, 0.4) is 0 Å². The molecule has 0 aromatic heterocycles. The number of carboxylic acid groups (broad SMARTS) is 1. The lowest BCUT2D eigenvalue weighted by molar-refractivity contribution is -0.142. The minimum Gasteiger partial charge on any atom is -0.481 e. The molecule has 3 N–H and O–H groups in total. The van der Waals surface area contributed by atoms with E-state index >= 15 is 0 Å². The molecule has 2 heterocycles. The van der Waals surface area contributed by atoms with Crippen LogP contribution in [0.25, 0.3) is 0 Å². The third kappa shape index (κ3) is 3.34. The average Bonchev–Trinajstić information content (AvgIpc) is 2.70. The average molecular weight is 271 g/mol. The molecule has 2 saturated heterocycles. The number of hydrogen-bond donors (Lipinski definition) is 3. The normalized spacial score (nSPS) is 27.6. The van der Waals surface area contributed by atoms with E-state index in [0.717, 1.165) is 0 Å². The van der Waals surface area contributed by atoms with Crippen molar-refractivity contribution in [2.75, 3.05) is 32.8 Å². The Morgan fingerprint density at radius 1 is 1.42 bits per heavy atom. The van der Waals surface area contributed by atoms with Gasteiger partial charge in [-0.25, -0.2) is 4.79 Å². The molecule has 3 amide bonds. The molecule has 2 atom stereocenters. The molecule has 0 spiro atoms. The van der Waals surface area contributed by atoms with Crippen LogP contribution in [-0.2, 0) is 14.3 Å². The fraction of sp³-hybridized carbons (Fsp3) is 0.727. The first-order chi connectivity index (χ1) is 9.08. The number of ether oxygens (including phenoxy) is 1. The van der Waals surface area contributed by atoms with Gasteiger partial charge in [0.05, 0.1) is 19.3 Å².